The lowest BCUT2D eigenvalue weighted by atomic mass is 10.0. The molecule has 2 amide bonds. The van der Waals surface area contributed by atoms with Crippen LogP contribution < -0.4 is 15.4 Å². The number of sulfonamides is 1. The maximum atomic E-state index is 13.0. The number of nitrogens with zero attached hydrogens (tertiary/aromatic N) is 2. The van der Waals surface area contributed by atoms with Crippen LogP contribution in [0.5, 0.6) is 5.75 Å². The van der Waals surface area contributed by atoms with E-state index >= 15 is 0 Å². The van der Waals surface area contributed by atoms with E-state index in [1.165, 1.54) is 23.4 Å². The van der Waals surface area contributed by atoms with Crippen LogP contribution in [0.3, 0.4) is 0 Å². The number of ether oxygens (including phenoxy) is 1. The number of carbonyl (C=O) groups is 2. The van der Waals surface area contributed by atoms with Gasteiger partial charge in [0.05, 0.1) is 24.5 Å². The van der Waals surface area contributed by atoms with E-state index in [-0.39, 0.29) is 23.1 Å². The summed E-state index contributed by atoms with van der Waals surface area (Å²) < 4.78 is 32.6. The second-order valence-corrected chi connectivity index (χ2v) is 9.95. The Morgan fingerprint density at radius 2 is 1.73 bits per heavy atom. The molecule has 1 unspecified atom stereocenters. The zero-order valence-electron chi connectivity index (χ0n) is 19.1. The molecule has 0 aliphatic carbocycles. The minimum atomic E-state index is -3.65. The van der Waals surface area contributed by atoms with Gasteiger partial charge in [0.25, 0.3) is 0 Å². The molecule has 1 atom stereocenters. The third kappa shape index (κ3) is 6.53. The molecule has 0 radical (unpaired) electrons. The van der Waals surface area contributed by atoms with Gasteiger partial charge < -0.3 is 20.3 Å². The van der Waals surface area contributed by atoms with E-state index in [0.29, 0.717) is 37.6 Å². The molecule has 0 bridgehead atoms. The Morgan fingerprint density at radius 3 is 2.33 bits per heavy atom. The van der Waals surface area contributed by atoms with Gasteiger partial charge in [0, 0.05) is 38.8 Å². The number of anilines is 1. The molecule has 2 aromatic carbocycles. The van der Waals surface area contributed by atoms with Crippen molar-refractivity contribution in [3.8, 4) is 5.75 Å². The maximum absolute atomic E-state index is 13.0. The standard InChI is InChI=1S/C23H30N4O5S/c1-17(28)24-22(18-7-9-20(32-3)10-8-18)16-23(29)25-19-5-4-6-21(15-19)33(30,31)27-13-11-26(2)12-14-27/h4-10,15,22H,11-14,16H2,1-3H3,(H,24,28)(H,25,29). The quantitative estimate of drug-likeness (QED) is 0.605. The first-order valence-corrected chi connectivity index (χ1v) is 12.1. The Bertz CT molecular complexity index is 1080. The molecule has 0 saturated carbocycles. The topological polar surface area (TPSA) is 108 Å². The third-order valence-electron chi connectivity index (χ3n) is 5.50. The highest BCUT2D eigenvalue weighted by Gasteiger charge is 2.27. The van der Waals surface area contributed by atoms with Crippen LogP contribution in [0.1, 0.15) is 24.9 Å². The van der Waals surface area contributed by atoms with Crippen LogP contribution in [0.25, 0.3) is 0 Å². The molecule has 9 nitrogen and oxygen atoms in total. The molecule has 3 rings (SSSR count). The summed E-state index contributed by atoms with van der Waals surface area (Å²) in [5.41, 5.74) is 1.14. The summed E-state index contributed by atoms with van der Waals surface area (Å²) in [6, 6.07) is 12.8. The van der Waals surface area contributed by atoms with Crippen LogP contribution in [0, 0.1) is 0 Å². The SMILES string of the molecule is COc1ccc(C(CC(=O)Nc2cccc(S(=O)(=O)N3CCN(C)CC3)c2)NC(C)=O)cc1. The van der Waals surface area contributed by atoms with Crippen molar-refractivity contribution in [2.45, 2.75) is 24.3 Å². The fourth-order valence-corrected chi connectivity index (χ4v) is 5.11. The van der Waals surface area contributed by atoms with Crippen molar-refractivity contribution in [3.05, 3.63) is 54.1 Å². The Hall–Kier alpha value is -2.95. The van der Waals surface area contributed by atoms with Crippen LogP contribution in [0.2, 0.25) is 0 Å². The number of hydrogen-bond donors (Lipinski definition) is 2. The predicted molar refractivity (Wildman–Crippen MR) is 125 cm³/mol. The van der Waals surface area contributed by atoms with Crippen molar-refractivity contribution in [2.24, 2.45) is 0 Å². The van der Waals surface area contributed by atoms with Crippen molar-refractivity contribution in [1.82, 2.24) is 14.5 Å². The number of amides is 2. The van der Waals surface area contributed by atoms with Crippen molar-refractivity contribution < 1.29 is 22.7 Å². The van der Waals surface area contributed by atoms with Crippen LogP contribution >= 0.6 is 0 Å². The Balaban J connectivity index is 1.71. The number of hydrogen-bond acceptors (Lipinski definition) is 6. The van der Waals surface area contributed by atoms with E-state index in [1.807, 2.05) is 7.05 Å². The highest BCUT2D eigenvalue weighted by Crippen LogP contribution is 2.23. The van der Waals surface area contributed by atoms with Crippen LogP contribution in [0.15, 0.2) is 53.4 Å². The van der Waals surface area contributed by atoms with Gasteiger partial charge in [0.2, 0.25) is 21.8 Å². The van der Waals surface area contributed by atoms with Gasteiger partial charge >= 0.3 is 0 Å². The predicted octanol–water partition coefficient (Wildman–Crippen LogP) is 1.84. The van der Waals surface area contributed by atoms with Gasteiger partial charge in [-0.2, -0.15) is 4.31 Å². The molecule has 1 heterocycles. The number of benzene rings is 2. The normalized spacial score (nSPS) is 16.1. The van der Waals surface area contributed by atoms with Gasteiger partial charge in [-0.3, -0.25) is 9.59 Å². The molecule has 2 aromatic rings. The van der Waals surface area contributed by atoms with E-state index in [4.69, 9.17) is 4.74 Å². The van der Waals surface area contributed by atoms with E-state index < -0.39 is 16.1 Å². The minimum Gasteiger partial charge on any atom is -0.497 e. The summed E-state index contributed by atoms with van der Waals surface area (Å²) in [5.74, 6) is 0.0609. The first-order chi connectivity index (χ1) is 15.7. The van der Waals surface area contributed by atoms with Gasteiger partial charge in [-0.25, -0.2) is 8.42 Å². The summed E-state index contributed by atoms with van der Waals surface area (Å²) in [4.78, 5) is 26.6. The largest absolute Gasteiger partial charge is 0.497 e. The van der Waals surface area contributed by atoms with Gasteiger partial charge in [-0.1, -0.05) is 18.2 Å². The number of methoxy groups -OCH3 is 1. The molecule has 1 aliphatic rings. The molecule has 1 saturated heterocycles. The molecule has 1 fully saturated rings. The summed E-state index contributed by atoms with van der Waals surface area (Å²) in [6.07, 6.45) is -0.0126. The van der Waals surface area contributed by atoms with E-state index in [0.717, 1.165) is 5.56 Å². The smallest absolute Gasteiger partial charge is 0.243 e. The van der Waals surface area contributed by atoms with Gasteiger partial charge in [0.15, 0.2) is 0 Å². The van der Waals surface area contributed by atoms with Crippen molar-refractivity contribution in [1.29, 1.82) is 0 Å². The molecule has 0 aromatic heterocycles. The van der Waals surface area contributed by atoms with Crippen LogP contribution in [0.4, 0.5) is 5.69 Å². The summed E-state index contributed by atoms with van der Waals surface area (Å²) >= 11 is 0. The van der Waals surface area contributed by atoms with E-state index in [1.54, 1.807) is 43.5 Å². The van der Waals surface area contributed by atoms with Crippen LogP contribution in [-0.4, -0.2) is 69.8 Å². The molecule has 1 aliphatic heterocycles. The number of rotatable bonds is 8. The number of nitrogens with one attached hydrogen (secondary N) is 2. The van der Waals surface area contributed by atoms with Gasteiger partial charge in [-0.15, -0.1) is 0 Å². The molecule has 2 N–H and O–H groups in total. The lowest BCUT2D eigenvalue weighted by Gasteiger charge is -2.31. The maximum Gasteiger partial charge on any atom is 0.243 e. The molecule has 178 valence electrons. The minimum absolute atomic E-state index is 0.0126. The summed E-state index contributed by atoms with van der Waals surface area (Å²) in [6.45, 7) is 3.59. The van der Waals surface area contributed by atoms with Gasteiger partial charge in [-0.05, 0) is 42.9 Å². The molecular formula is C23H30N4O5S. The van der Waals surface area contributed by atoms with E-state index in [2.05, 4.69) is 15.5 Å². The zero-order chi connectivity index (χ0) is 24.0. The fourth-order valence-electron chi connectivity index (χ4n) is 3.64. The van der Waals surface area contributed by atoms with Crippen LogP contribution in [-0.2, 0) is 19.6 Å². The van der Waals surface area contributed by atoms with Crippen molar-refractivity contribution in [3.63, 3.8) is 0 Å². The molecule has 0 spiro atoms. The number of likely N-dealkylation sites (N-methyl/N-ethyl adjacent to an activating group) is 1. The van der Waals surface area contributed by atoms with Crippen molar-refractivity contribution >= 4 is 27.5 Å². The highest BCUT2D eigenvalue weighted by atomic mass is 32.2. The zero-order valence-corrected chi connectivity index (χ0v) is 19.9. The molecule has 33 heavy (non-hydrogen) atoms. The molecular weight excluding hydrogens is 444 g/mol. The average Bonchev–Trinajstić information content (AvgIpc) is 2.79. The fraction of sp³-hybridized carbons (Fsp3) is 0.391. The second kappa shape index (κ2) is 10.8. The Labute approximate surface area is 194 Å². The average molecular weight is 475 g/mol. The first kappa shape index (κ1) is 24.7. The Morgan fingerprint density at radius 1 is 1.06 bits per heavy atom. The van der Waals surface area contributed by atoms with Crippen molar-refractivity contribution in [2.75, 3.05) is 45.7 Å². The van der Waals surface area contributed by atoms with E-state index in [9.17, 15) is 18.0 Å². The monoisotopic (exact) mass is 474 g/mol. The second-order valence-electron chi connectivity index (χ2n) is 8.01. The molecule has 10 heteroatoms. The first-order valence-electron chi connectivity index (χ1n) is 10.7. The Kier molecular flexibility index (Phi) is 8.06. The lowest BCUT2D eigenvalue weighted by molar-refractivity contribution is -0.120. The summed E-state index contributed by atoms with van der Waals surface area (Å²) in [7, 11) is -0.126. The third-order valence-corrected chi connectivity index (χ3v) is 7.40. The van der Waals surface area contributed by atoms with Gasteiger partial charge in [0.1, 0.15) is 5.75 Å². The lowest BCUT2D eigenvalue weighted by Crippen LogP contribution is -2.47. The number of carbonyl (C=O) groups excluding carboxylic acids is 2. The summed E-state index contributed by atoms with van der Waals surface area (Å²) in [5, 5.41) is 5.54. The number of piperazine rings is 1. The highest BCUT2D eigenvalue weighted by molar-refractivity contribution is 7.89.